The average molecular weight is 296 g/mol. The van der Waals surface area contributed by atoms with Crippen molar-refractivity contribution in [3.8, 4) is 0 Å². The van der Waals surface area contributed by atoms with Crippen LogP contribution in [0.25, 0.3) is 0 Å². The summed E-state index contributed by atoms with van der Waals surface area (Å²) in [6, 6.07) is 8.80. The zero-order valence-electron chi connectivity index (χ0n) is 6.27. The van der Waals surface area contributed by atoms with Crippen LogP contribution in [-0.4, -0.2) is 8.93 Å². The molecule has 1 unspecified atom stereocenters. The number of hydrogen-bond donors (Lipinski definition) is 0. The Morgan fingerprint density at radius 2 is 1.91 bits per heavy atom. The molecule has 60 valence electrons. The second-order valence-electron chi connectivity index (χ2n) is 2.84. The Morgan fingerprint density at radius 3 is 2.36 bits per heavy atom. The van der Waals surface area contributed by atoms with Gasteiger partial charge in [0.25, 0.3) is 0 Å². The van der Waals surface area contributed by atoms with Crippen LogP contribution in [0.1, 0.15) is 5.56 Å². The van der Waals surface area contributed by atoms with Crippen LogP contribution >= 0.6 is 11.1 Å². The van der Waals surface area contributed by atoms with Crippen molar-refractivity contribution in [2.24, 2.45) is 0 Å². The Balaban J connectivity index is 2.33. The van der Waals surface area contributed by atoms with Gasteiger partial charge in [-0.05, 0) is 0 Å². The van der Waals surface area contributed by atoms with Crippen molar-refractivity contribution < 1.29 is 20.4 Å². The van der Waals surface area contributed by atoms with E-state index in [-0.39, 0.29) is 0 Å². The molecule has 11 heavy (non-hydrogen) atoms. The van der Waals surface area contributed by atoms with Crippen molar-refractivity contribution in [3.05, 3.63) is 29.8 Å². The minimum absolute atomic E-state index is 0.406. The van der Waals surface area contributed by atoms with Gasteiger partial charge < -0.3 is 0 Å². The first-order chi connectivity index (χ1) is 5.21. The normalized spacial score (nSPS) is 29.3. The maximum atomic E-state index is 6.41. The number of halogens is 2. The molecule has 0 spiro atoms. The van der Waals surface area contributed by atoms with Crippen LogP contribution in [0, 0.1) is 6.92 Å². The topological polar surface area (TPSA) is 0 Å². The SMILES string of the molecule is Cc1ccc([Si]2(Cl)C[I-]2)cc1. The summed E-state index contributed by atoms with van der Waals surface area (Å²) in [4.78, 5) is -1.22. The van der Waals surface area contributed by atoms with Crippen molar-refractivity contribution in [2.45, 2.75) is 6.92 Å². The molecule has 1 atom stereocenters. The molecule has 1 aromatic carbocycles. The van der Waals surface area contributed by atoms with Gasteiger partial charge in [-0.1, -0.05) is 0 Å². The van der Waals surface area contributed by atoms with Gasteiger partial charge in [-0.15, -0.1) is 0 Å². The van der Waals surface area contributed by atoms with Gasteiger partial charge in [0.05, 0.1) is 0 Å². The zero-order valence-corrected chi connectivity index (χ0v) is 10.2. The molecule has 0 N–H and O–H groups in total. The molecular formula is C8H9ClISi-. The van der Waals surface area contributed by atoms with Gasteiger partial charge in [-0.25, -0.2) is 0 Å². The fourth-order valence-corrected chi connectivity index (χ4v) is 12.6. The molecule has 1 aliphatic rings. The van der Waals surface area contributed by atoms with E-state index >= 15 is 0 Å². The third-order valence-electron chi connectivity index (χ3n) is 1.84. The molecule has 1 aliphatic heterocycles. The fraction of sp³-hybridized carbons (Fsp3) is 0.250. The average Bonchev–Trinajstić information content (AvgIpc) is 2.70. The predicted octanol–water partition coefficient (Wildman–Crippen LogP) is -1.48. The van der Waals surface area contributed by atoms with Crippen LogP contribution in [-0.2, 0) is 0 Å². The van der Waals surface area contributed by atoms with E-state index in [9.17, 15) is 0 Å². The molecule has 0 amide bonds. The fourth-order valence-electron chi connectivity index (χ4n) is 1.01. The first-order valence-electron chi connectivity index (χ1n) is 3.57. The standard InChI is InChI=1S/C8H9ClISi/c1-7-2-4-8(5-3-7)11(9)6-10-11/h2-5H,6H2,1H3/q-1. The molecule has 1 heterocycles. The third kappa shape index (κ3) is 1.62. The van der Waals surface area contributed by atoms with E-state index < -0.39 is 4.88 Å². The first-order valence-corrected chi connectivity index (χ1v) is 11.4. The van der Waals surface area contributed by atoms with E-state index in [0.29, 0.717) is 20.4 Å². The Bertz CT molecular complexity index is 266. The minimum atomic E-state index is -1.22. The van der Waals surface area contributed by atoms with E-state index in [4.69, 9.17) is 11.1 Å². The number of hydrogen-bond acceptors (Lipinski definition) is 0. The summed E-state index contributed by atoms with van der Waals surface area (Å²) in [5.41, 5.74) is 1.34. The van der Waals surface area contributed by atoms with Crippen LogP contribution in [0.4, 0.5) is 0 Å². The van der Waals surface area contributed by atoms with Crippen molar-refractivity contribution in [1.82, 2.24) is 0 Å². The number of rotatable bonds is 1. The van der Waals surface area contributed by atoms with E-state index in [1.54, 1.807) is 0 Å². The monoisotopic (exact) mass is 295 g/mol. The number of aryl methyl sites for hydroxylation is 1. The molecule has 1 aromatic rings. The molecular weight excluding hydrogens is 287 g/mol. The van der Waals surface area contributed by atoms with Crippen molar-refractivity contribution in [1.29, 1.82) is 0 Å². The quantitative estimate of drug-likeness (QED) is 0.257. The molecule has 0 aliphatic carbocycles. The van der Waals surface area contributed by atoms with Crippen molar-refractivity contribution in [2.75, 3.05) is 4.05 Å². The van der Waals surface area contributed by atoms with E-state index in [0.717, 1.165) is 0 Å². The Kier molecular flexibility index (Phi) is 2.01. The summed E-state index contributed by atoms with van der Waals surface area (Å²) in [6.07, 6.45) is 0. The second-order valence-corrected chi connectivity index (χ2v) is 19.3. The number of benzene rings is 1. The zero-order chi connectivity index (χ0) is 7.90. The second kappa shape index (κ2) is 2.75. The van der Waals surface area contributed by atoms with Crippen molar-refractivity contribution in [3.63, 3.8) is 0 Å². The van der Waals surface area contributed by atoms with Gasteiger partial charge >= 0.3 is 82.4 Å². The summed E-state index contributed by atoms with van der Waals surface area (Å²) in [5.74, 6) is 0. The summed E-state index contributed by atoms with van der Waals surface area (Å²) >= 11 is 6.82. The van der Waals surface area contributed by atoms with Gasteiger partial charge in [0.15, 0.2) is 0 Å². The Morgan fingerprint density at radius 1 is 1.36 bits per heavy atom. The predicted molar refractivity (Wildman–Crippen MR) is 47.3 cm³/mol. The third-order valence-corrected chi connectivity index (χ3v) is 16.7. The summed E-state index contributed by atoms with van der Waals surface area (Å²) in [7, 11) is 0. The molecule has 0 radical (unpaired) electrons. The number of alkyl halides is 1. The molecule has 1 saturated heterocycles. The van der Waals surface area contributed by atoms with Crippen LogP contribution in [0.2, 0.25) is 0 Å². The van der Waals surface area contributed by atoms with Gasteiger partial charge in [0.2, 0.25) is 0 Å². The molecule has 0 saturated carbocycles. The Hall–Kier alpha value is 0.457. The maximum absolute atomic E-state index is 6.41. The summed E-state index contributed by atoms with van der Waals surface area (Å²) < 4.78 is 1.39. The van der Waals surface area contributed by atoms with Crippen LogP contribution in [0.5, 0.6) is 0 Å². The Labute approximate surface area is 82.0 Å². The van der Waals surface area contributed by atoms with Gasteiger partial charge in [-0.2, -0.15) is 0 Å². The van der Waals surface area contributed by atoms with Gasteiger partial charge in [0.1, 0.15) is 0 Å². The van der Waals surface area contributed by atoms with E-state index in [1.165, 1.54) is 14.8 Å². The molecule has 0 nitrogen and oxygen atoms in total. The first kappa shape index (κ1) is 8.07. The van der Waals surface area contributed by atoms with E-state index in [1.807, 2.05) is 0 Å². The van der Waals surface area contributed by atoms with E-state index in [2.05, 4.69) is 31.2 Å². The molecule has 1 fully saturated rings. The van der Waals surface area contributed by atoms with Crippen LogP contribution in [0.15, 0.2) is 24.3 Å². The van der Waals surface area contributed by atoms with Gasteiger partial charge in [0, 0.05) is 0 Å². The summed E-state index contributed by atoms with van der Waals surface area (Å²) in [6.45, 7) is 2.12. The van der Waals surface area contributed by atoms with Crippen LogP contribution in [0.3, 0.4) is 0 Å². The molecule has 2 rings (SSSR count). The molecule has 0 bridgehead atoms. The van der Waals surface area contributed by atoms with Crippen LogP contribution < -0.4 is 25.6 Å². The van der Waals surface area contributed by atoms with Gasteiger partial charge in [-0.3, -0.25) is 0 Å². The van der Waals surface area contributed by atoms with Crippen molar-refractivity contribution >= 4 is 21.1 Å². The summed E-state index contributed by atoms with van der Waals surface area (Å²) in [5, 5.41) is 1.47. The molecule has 0 aromatic heterocycles. The molecule has 3 heteroatoms.